The number of piperidine rings is 1. The maximum Gasteiger partial charge on any atom is 0.269 e. The maximum atomic E-state index is 13.1. The van der Waals surface area contributed by atoms with Gasteiger partial charge in [0.25, 0.3) is 11.8 Å². The van der Waals surface area contributed by atoms with Crippen LogP contribution in [0.5, 0.6) is 0 Å². The van der Waals surface area contributed by atoms with Crippen LogP contribution in [0.25, 0.3) is 11.0 Å². The van der Waals surface area contributed by atoms with Gasteiger partial charge in [-0.05, 0) is 69.2 Å². The molecule has 3 aromatic rings. The zero-order chi connectivity index (χ0) is 23.5. The number of fused-ring (bicyclic) bond motifs is 1. The van der Waals surface area contributed by atoms with Gasteiger partial charge in [0.15, 0.2) is 0 Å². The SMILES string of the molecule is CCn1c(C)nc2cc(C(=O)NNC(=O)C3CCCN(C(=O)c4ccc(F)cc4)C3)ccc21. The Hall–Kier alpha value is -3.75. The molecule has 9 heteroatoms. The van der Waals surface area contributed by atoms with Crippen molar-refractivity contribution < 1.29 is 18.8 Å². The van der Waals surface area contributed by atoms with Gasteiger partial charge in [0.2, 0.25) is 5.91 Å². The molecule has 0 saturated carbocycles. The van der Waals surface area contributed by atoms with Gasteiger partial charge in [-0.25, -0.2) is 9.37 Å². The number of halogens is 1. The quantitative estimate of drug-likeness (QED) is 0.596. The number of carbonyl (C=O) groups excluding carboxylic acids is 3. The van der Waals surface area contributed by atoms with E-state index in [2.05, 4.69) is 20.4 Å². The summed E-state index contributed by atoms with van der Waals surface area (Å²) < 4.78 is 15.2. The smallest absolute Gasteiger partial charge is 0.269 e. The number of aryl methyl sites for hydroxylation is 2. The van der Waals surface area contributed by atoms with E-state index in [1.54, 1.807) is 17.0 Å². The van der Waals surface area contributed by atoms with Crippen molar-refractivity contribution in [3.05, 3.63) is 65.2 Å². The second kappa shape index (κ2) is 9.40. The van der Waals surface area contributed by atoms with Crippen LogP contribution in [0.2, 0.25) is 0 Å². The van der Waals surface area contributed by atoms with Gasteiger partial charge in [-0.2, -0.15) is 0 Å². The summed E-state index contributed by atoms with van der Waals surface area (Å²) in [6.45, 7) is 5.49. The van der Waals surface area contributed by atoms with Gasteiger partial charge in [0.05, 0.1) is 17.0 Å². The predicted octanol–water partition coefficient (Wildman–Crippen LogP) is 2.82. The van der Waals surface area contributed by atoms with E-state index in [0.717, 1.165) is 23.4 Å². The van der Waals surface area contributed by atoms with Crippen LogP contribution in [0, 0.1) is 18.7 Å². The molecule has 2 heterocycles. The van der Waals surface area contributed by atoms with Crippen molar-refractivity contribution in [3.63, 3.8) is 0 Å². The molecule has 0 spiro atoms. The minimum absolute atomic E-state index is 0.234. The second-order valence-electron chi connectivity index (χ2n) is 8.15. The minimum Gasteiger partial charge on any atom is -0.338 e. The van der Waals surface area contributed by atoms with Crippen LogP contribution in [0.15, 0.2) is 42.5 Å². The van der Waals surface area contributed by atoms with Gasteiger partial charge in [0, 0.05) is 30.8 Å². The number of nitrogens with zero attached hydrogens (tertiary/aromatic N) is 3. The molecule has 33 heavy (non-hydrogen) atoms. The summed E-state index contributed by atoms with van der Waals surface area (Å²) >= 11 is 0. The number of rotatable bonds is 4. The van der Waals surface area contributed by atoms with E-state index in [1.807, 2.05) is 19.9 Å². The largest absolute Gasteiger partial charge is 0.338 e. The standard InChI is InChI=1S/C24H26FN5O3/c1-3-30-15(2)26-20-13-17(8-11-21(20)30)22(31)27-28-23(32)18-5-4-12-29(14-18)24(33)16-6-9-19(25)10-7-16/h6-11,13,18H,3-5,12,14H2,1-2H3,(H,27,31)(H,28,32). The fourth-order valence-electron chi connectivity index (χ4n) is 4.23. The molecule has 1 aromatic heterocycles. The topological polar surface area (TPSA) is 96.3 Å². The molecule has 1 aliphatic heterocycles. The van der Waals surface area contributed by atoms with Crippen molar-refractivity contribution in [3.8, 4) is 0 Å². The number of aromatic nitrogens is 2. The molecule has 8 nitrogen and oxygen atoms in total. The number of carbonyl (C=O) groups is 3. The van der Waals surface area contributed by atoms with E-state index in [0.29, 0.717) is 30.5 Å². The summed E-state index contributed by atoms with van der Waals surface area (Å²) in [4.78, 5) is 44.0. The maximum absolute atomic E-state index is 13.1. The van der Waals surface area contributed by atoms with Crippen LogP contribution in [0.1, 0.15) is 46.3 Å². The average molecular weight is 452 g/mol. The molecule has 2 aromatic carbocycles. The summed E-state index contributed by atoms with van der Waals surface area (Å²) in [6.07, 6.45) is 1.27. The molecule has 1 saturated heterocycles. The van der Waals surface area contributed by atoms with E-state index in [-0.39, 0.29) is 18.4 Å². The Morgan fingerprint density at radius 3 is 2.55 bits per heavy atom. The lowest BCUT2D eigenvalue weighted by atomic mass is 9.96. The molecular formula is C24H26FN5O3. The molecule has 3 amide bonds. The number of imidazole rings is 1. The lowest BCUT2D eigenvalue weighted by Gasteiger charge is -2.32. The number of hydrazine groups is 1. The van der Waals surface area contributed by atoms with Crippen molar-refractivity contribution in [2.75, 3.05) is 13.1 Å². The summed E-state index contributed by atoms with van der Waals surface area (Å²) in [6, 6.07) is 10.6. The first kappa shape index (κ1) is 22.4. The highest BCUT2D eigenvalue weighted by atomic mass is 19.1. The summed E-state index contributed by atoms with van der Waals surface area (Å²) in [7, 11) is 0. The van der Waals surface area contributed by atoms with Gasteiger partial charge < -0.3 is 9.47 Å². The Labute approximate surface area is 190 Å². The third-order valence-corrected chi connectivity index (χ3v) is 5.99. The highest BCUT2D eigenvalue weighted by molar-refractivity contribution is 5.98. The molecular weight excluding hydrogens is 425 g/mol. The van der Waals surface area contributed by atoms with Gasteiger partial charge in [-0.3, -0.25) is 25.2 Å². The normalized spacial score (nSPS) is 16.0. The van der Waals surface area contributed by atoms with Crippen LogP contribution in [-0.2, 0) is 11.3 Å². The van der Waals surface area contributed by atoms with Crippen molar-refractivity contribution in [2.45, 2.75) is 33.2 Å². The highest BCUT2D eigenvalue weighted by Crippen LogP contribution is 2.20. The molecule has 2 N–H and O–H groups in total. The Morgan fingerprint density at radius 2 is 1.82 bits per heavy atom. The number of nitrogens with one attached hydrogen (secondary N) is 2. The highest BCUT2D eigenvalue weighted by Gasteiger charge is 2.29. The third-order valence-electron chi connectivity index (χ3n) is 5.99. The van der Waals surface area contributed by atoms with Crippen LogP contribution >= 0.6 is 0 Å². The molecule has 1 atom stereocenters. The fourth-order valence-corrected chi connectivity index (χ4v) is 4.23. The van der Waals surface area contributed by atoms with E-state index in [4.69, 9.17) is 0 Å². The van der Waals surface area contributed by atoms with Crippen LogP contribution < -0.4 is 10.9 Å². The third kappa shape index (κ3) is 4.72. The van der Waals surface area contributed by atoms with E-state index >= 15 is 0 Å². The first-order valence-electron chi connectivity index (χ1n) is 11.0. The molecule has 4 rings (SSSR count). The van der Waals surface area contributed by atoms with Gasteiger partial charge in [-0.15, -0.1) is 0 Å². The lowest BCUT2D eigenvalue weighted by Crippen LogP contribution is -2.50. The van der Waals surface area contributed by atoms with Crippen LogP contribution in [-0.4, -0.2) is 45.3 Å². The van der Waals surface area contributed by atoms with Gasteiger partial charge >= 0.3 is 0 Å². The van der Waals surface area contributed by atoms with Crippen molar-refractivity contribution in [1.29, 1.82) is 0 Å². The predicted molar refractivity (Wildman–Crippen MR) is 121 cm³/mol. The molecule has 1 aliphatic rings. The van der Waals surface area contributed by atoms with E-state index in [9.17, 15) is 18.8 Å². The first-order valence-corrected chi connectivity index (χ1v) is 11.0. The van der Waals surface area contributed by atoms with Crippen molar-refractivity contribution in [1.82, 2.24) is 25.3 Å². The summed E-state index contributed by atoms with van der Waals surface area (Å²) in [5.41, 5.74) is 7.37. The lowest BCUT2D eigenvalue weighted by molar-refractivity contribution is -0.127. The van der Waals surface area contributed by atoms with Crippen LogP contribution in [0.3, 0.4) is 0 Å². The average Bonchev–Trinajstić information content (AvgIpc) is 3.16. The second-order valence-corrected chi connectivity index (χ2v) is 8.15. The minimum atomic E-state index is -0.450. The fraction of sp³-hybridized carbons (Fsp3) is 0.333. The molecule has 1 unspecified atom stereocenters. The van der Waals surface area contributed by atoms with Crippen molar-refractivity contribution >= 4 is 28.8 Å². The van der Waals surface area contributed by atoms with Crippen molar-refractivity contribution in [2.24, 2.45) is 5.92 Å². The molecule has 1 fully saturated rings. The Kier molecular flexibility index (Phi) is 6.39. The first-order chi connectivity index (χ1) is 15.9. The number of likely N-dealkylation sites (tertiary alicyclic amines) is 1. The Balaban J connectivity index is 1.36. The monoisotopic (exact) mass is 451 g/mol. The summed E-state index contributed by atoms with van der Waals surface area (Å²) in [5.74, 6) is -1.03. The Morgan fingerprint density at radius 1 is 1.09 bits per heavy atom. The Bertz CT molecular complexity index is 1200. The number of benzene rings is 2. The van der Waals surface area contributed by atoms with E-state index in [1.165, 1.54) is 24.3 Å². The molecule has 0 radical (unpaired) electrons. The number of hydrogen-bond donors (Lipinski definition) is 2. The van der Waals surface area contributed by atoms with E-state index < -0.39 is 17.6 Å². The van der Waals surface area contributed by atoms with Gasteiger partial charge in [0.1, 0.15) is 11.6 Å². The summed E-state index contributed by atoms with van der Waals surface area (Å²) in [5, 5.41) is 0. The zero-order valence-electron chi connectivity index (χ0n) is 18.6. The molecule has 0 aliphatic carbocycles. The number of amides is 3. The molecule has 172 valence electrons. The van der Waals surface area contributed by atoms with Crippen LogP contribution in [0.4, 0.5) is 4.39 Å². The zero-order valence-corrected chi connectivity index (χ0v) is 18.6. The molecule has 0 bridgehead atoms. The van der Waals surface area contributed by atoms with Gasteiger partial charge in [-0.1, -0.05) is 0 Å². The number of hydrogen-bond acceptors (Lipinski definition) is 4.